The Morgan fingerprint density at radius 2 is 1.88 bits per heavy atom. The average molecular weight is 331 g/mol. The lowest BCUT2D eigenvalue weighted by Gasteiger charge is -2.28. The Bertz CT molecular complexity index is 618. The smallest absolute Gasteiger partial charge is 0.270 e. The molecule has 1 saturated heterocycles. The van der Waals surface area contributed by atoms with Crippen LogP contribution in [0.3, 0.4) is 0 Å². The first-order valence-electron chi connectivity index (χ1n) is 8.89. The Labute approximate surface area is 142 Å². The summed E-state index contributed by atoms with van der Waals surface area (Å²) < 4.78 is 0. The summed E-state index contributed by atoms with van der Waals surface area (Å²) in [6.07, 6.45) is 6.41. The summed E-state index contributed by atoms with van der Waals surface area (Å²) in [6.45, 7) is 4.04. The number of non-ortho nitro benzene ring substituents is 1. The van der Waals surface area contributed by atoms with E-state index < -0.39 is 4.92 Å². The van der Waals surface area contributed by atoms with Crippen LogP contribution in [-0.2, 0) is 0 Å². The van der Waals surface area contributed by atoms with Crippen molar-refractivity contribution in [3.8, 4) is 0 Å². The van der Waals surface area contributed by atoms with Crippen LogP contribution in [0.15, 0.2) is 18.2 Å². The third-order valence-electron chi connectivity index (χ3n) is 5.23. The van der Waals surface area contributed by atoms with Crippen LogP contribution >= 0.6 is 0 Å². The molecule has 1 aromatic carbocycles. The monoisotopic (exact) mass is 331 g/mol. The van der Waals surface area contributed by atoms with Crippen LogP contribution < -0.4 is 10.2 Å². The normalized spacial score (nSPS) is 24.0. The number of amides is 1. The molecule has 6 heteroatoms. The molecular formula is C18H25N3O3. The van der Waals surface area contributed by atoms with Crippen LogP contribution in [0.4, 0.5) is 11.4 Å². The van der Waals surface area contributed by atoms with Crippen LogP contribution in [0.25, 0.3) is 0 Å². The molecule has 0 spiro atoms. The number of nitro groups is 1. The van der Waals surface area contributed by atoms with E-state index in [-0.39, 0.29) is 17.6 Å². The molecule has 0 radical (unpaired) electrons. The van der Waals surface area contributed by atoms with Gasteiger partial charge in [0.1, 0.15) is 0 Å². The molecule has 0 bridgehead atoms. The number of nitrogens with zero attached hydrogens (tertiary/aromatic N) is 2. The minimum absolute atomic E-state index is 0.0274. The summed E-state index contributed by atoms with van der Waals surface area (Å²) >= 11 is 0. The summed E-state index contributed by atoms with van der Waals surface area (Å²) in [5.41, 5.74) is 1.23. The molecule has 0 unspecified atom stereocenters. The fourth-order valence-corrected chi connectivity index (χ4v) is 3.72. The van der Waals surface area contributed by atoms with E-state index in [0.29, 0.717) is 5.56 Å². The molecule has 24 heavy (non-hydrogen) atoms. The zero-order chi connectivity index (χ0) is 17.1. The average Bonchev–Trinajstić information content (AvgIpc) is 3.10. The van der Waals surface area contributed by atoms with E-state index in [1.807, 2.05) is 0 Å². The maximum atomic E-state index is 12.8. The second-order valence-corrected chi connectivity index (χ2v) is 7.08. The van der Waals surface area contributed by atoms with Gasteiger partial charge in [-0.05, 0) is 50.5 Å². The van der Waals surface area contributed by atoms with E-state index in [1.165, 1.54) is 12.1 Å². The van der Waals surface area contributed by atoms with Gasteiger partial charge >= 0.3 is 0 Å². The first kappa shape index (κ1) is 16.7. The van der Waals surface area contributed by atoms with Gasteiger partial charge in [-0.1, -0.05) is 6.92 Å². The Balaban J connectivity index is 1.81. The number of rotatable bonds is 4. The second kappa shape index (κ2) is 7.20. The number of hydrogen-bond donors (Lipinski definition) is 1. The van der Waals surface area contributed by atoms with Crippen molar-refractivity contribution < 1.29 is 9.72 Å². The quantitative estimate of drug-likeness (QED) is 0.677. The first-order valence-corrected chi connectivity index (χ1v) is 8.89. The van der Waals surface area contributed by atoms with Gasteiger partial charge in [0.05, 0.1) is 16.2 Å². The number of nitro benzene ring substituents is 1. The van der Waals surface area contributed by atoms with Crippen molar-refractivity contribution in [2.45, 2.75) is 51.5 Å². The molecule has 1 aromatic rings. The molecule has 0 atom stereocenters. The molecule has 2 aliphatic rings. The maximum absolute atomic E-state index is 12.8. The van der Waals surface area contributed by atoms with Gasteiger partial charge in [-0.2, -0.15) is 0 Å². The second-order valence-electron chi connectivity index (χ2n) is 7.08. The van der Waals surface area contributed by atoms with E-state index in [4.69, 9.17) is 0 Å². The van der Waals surface area contributed by atoms with E-state index in [2.05, 4.69) is 17.1 Å². The summed E-state index contributed by atoms with van der Waals surface area (Å²) in [5, 5.41) is 14.2. The minimum Gasteiger partial charge on any atom is -0.371 e. The van der Waals surface area contributed by atoms with Crippen molar-refractivity contribution in [1.82, 2.24) is 5.32 Å². The molecule has 1 amide bonds. The largest absolute Gasteiger partial charge is 0.371 e. The molecule has 1 saturated carbocycles. The third kappa shape index (κ3) is 3.68. The van der Waals surface area contributed by atoms with E-state index in [1.54, 1.807) is 6.07 Å². The van der Waals surface area contributed by atoms with Crippen LogP contribution in [0.2, 0.25) is 0 Å². The van der Waals surface area contributed by atoms with Crippen LogP contribution in [0.1, 0.15) is 55.8 Å². The Hall–Kier alpha value is -2.11. The molecule has 2 fully saturated rings. The van der Waals surface area contributed by atoms with Crippen molar-refractivity contribution >= 4 is 17.3 Å². The minimum atomic E-state index is -0.438. The number of carbonyl (C=O) groups excluding carboxylic acids is 1. The van der Waals surface area contributed by atoms with Gasteiger partial charge in [-0.3, -0.25) is 14.9 Å². The third-order valence-corrected chi connectivity index (χ3v) is 5.23. The Morgan fingerprint density at radius 3 is 2.50 bits per heavy atom. The van der Waals surface area contributed by atoms with Crippen molar-refractivity contribution in [3.05, 3.63) is 33.9 Å². The number of nitrogens with one attached hydrogen (secondary N) is 1. The number of carbonyl (C=O) groups is 1. The van der Waals surface area contributed by atoms with Gasteiger partial charge < -0.3 is 10.2 Å². The zero-order valence-electron chi connectivity index (χ0n) is 14.2. The van der Waals surface area contributed by atoms with Crippen LogP contribution in [0.5, 0.6) is 0 Å². The van der Waals surface area contributed by atoms with Crippen molar-refractivity contribution in [3.63, 3.8) is 0 Å². The maximum Gasteiger partial charge on any atom is 0.270 e. The number of hydrogen-bond acceptors (Lipinski definition) is 4. The fraction of sp³-hybridized carbons (Fsp3) is 0.611. The highest BCUT2D eigenvalue weighted by Gasteiger charge is 2.25. The van der Waals surface area contributed by atoms with Gasteiger partial charge in [0, 0.05) is 31.3 Å². The predicted octanol–water partition coefficient (Wildman–Crippen LogP) is 3.50. The van der Waals surface area contributed by atoms with Gasteiger partial charge in [0.15, 0.2) is 0 Å². The van der Waals surface area contributed by atoms with Gasteiger partial charge in [-0.25, -0.2) is 0 Å². The molecule has 1 N–H and O–H groups in total. The molecule has 6 nitrogen and oxygen atoms in total. The van der Waals surface area contributed by atoms with Crippen molar-refractivity contribution in [2.24, 2.45) is 5.92 Å². The van der Waals surface area contributed by atoms with E-state index >= 15 is 0 Å². The van der Waals surface area contributed by atoms with Gasteiger partial charge in [0.25, 0.3) is 11.6 Å². The summed E-state index contributed by atoms with van der Waals surface area (Å²) in [5.74, 6) is 0.538. The van der Waals surface area contributed by atoms with Gasteiger partial charge in [0.2, 0.25) is 0 Å². The number of benzene rings is 1. The van der Waals surface area contributed by atoms with Gasteiger partial charge in [-0.15, -0.1) is 0 Å². The van der Waals surface area contributed by atoms with E-state index in [9.17, 15) is 14.9 Å². The highest BCUT2D eigenvalue weighted by molar-refractivity contribution is 6.00. The van der Waals surface area contributed by atoms with E-state index in [0.717, 1.165) is 63.2 Å². The molecule has 3 rings (SSSR count). The lowest BCUT2D eigenvalue weighted by Crippen LogP contribution is -2.38. The zero-order valence-corrected chi connectivity index (χ0v) is 14.2. The standard InChI is InChI=1S/C18H25N3O3/c1-13-4-6-14(7-5-13)19-18(22)16-12-15(21(23)24)8-9-17(16)20-10-2-3-11-20/h8-9,12-14H,2-7,10-11H2,1H3,(H,19,22). The number of anilines is 1. The lowest BCUT2D eigenvalue weighted by molar-refractivity contribution is -0.384. The van der Waals surface area contributed by atoms with Crippen molar-refractivity contribution in [2.75, 3.05) is 18.0 Å². The molecule has 0 aromatic heterocycles. The van der Waals surface area contributed by atoms with Crippen molar-refractivity contribution in [1.29, 1.82) is 0 Å². The molecular weight excluding hydrogens is 306 g/mol. The lowest BCUT2D eigenvalue weighted by atomic mass is 9.87. The highest BCUT2D eigenvalue weighted by atomic mass is 16.6. The summed E-state index contributed by atoms with van der Waals surface area (Å²) in [4.78, 5) is 25.6. The highest BCUT2D eigenvalue weighted by Crippen LogP contribution is 2.29. The topological polar surface area (TPSA) is 75.5 Å². The van der Waals surface area contributed by atoms with Crippen LogP contribution in [0, 0.1) is 16.0 Å². The fourth-order valence-electron chi connectivity index (χ4n) is 3.72. The molecule has 1 aliphatic carbocycles. The summed E-state index contributed by atoms with van der Waals surface area (Å²) in [6, 6.07) is 4.82. The predicted molar refractivity (Wildman–Crippen MR) is 93.4 cm³/mol. The SMILES string of the molecule is CC1CCC(NC(=O)c2cc([N+](=O)[O-])ccc2N2CCCC2)CC1. The molecule has 1 heterocycles. The first-order chi connectivity index (χ1) is 11.5. The molecule has 130 valence electrons. The van der Waals surface area contributed by atoms with Crippen LogP contribution in [-0.4, -0.2) is 30.0 Å². The molecule has 1 aliphatic heterocycles. The summed E-state index contributed by atoms with van der Waals surface area (Å²) in [7, 11) is 0. The Kier molecular flexibility index (Phi) is 5.02. The Morgan fingerprint density at radius 1 is 1.21 bits per heavy atom.